The fraction of sp³-hybridized carbons (Fsp3) is 0.625. The fourth-order valence-electron chi connectivity index (χ4n) is 0.991. The van der Waals surface area contributed by atoms with Crippen LogP contribution in [0, 0.1) is 0 Å². The number of ether oxygens (including phenoxy) is 1. The summed E-state index contributed by atoms with van der Waals surface area (Å²) in [4.78, 5) is 0. The molecular formula is C8H15N3O. The molecule has 0 fully saturated rings. The molecule has 1 aromatic rings. The average molecular weight is 169 g/mol. The molecule has 0 aromatic carbocycles. The zero-order valence-corrected chi connectivity index (χ0v) is 7.53. The van der Waals surface area contributed by atoms with Gasteiger partial charge in [0, 0.05) is 25.4 Å². The van der Waals surface area contributed by atoms with E-state index < -0.39 is 0 Å². The summed E-state index contributed by atoms with van der Waals surface area (Å²) in [7, 11) is 1.89. The molecule has 68 valence electrons. The van der Waals surface area contributed by atoms with Crippen LogP contribution < -0.4 is 5.73 Å². The molecule has 4 nitrogen and oxygen atoms in total. The topological polar surface area (TPSA) is 53.1 Å². The molecule has 0 unspecified atom stereocenters. The minimum absolute atomic E-state index is 0.0854. The van der Waals surface area contributed by atoms with Crippen LogP contribution in [0.5, 0.6) is 0 Å². The second-order valence-corrected chi connectivity index (χ2v) is 2.75. The van der Waals surface area contributed by atoms with Gasteiger partial charge in [0.05, 0.1) is 18.9 Å². The van der Waals surface area contributed by atoms with E-state index in [1.165, 1.54) is 0 Å². The lowest BCUT2D eigenvalue weighted by molar-refractivity contribution is 0.0717. The maximum Gasteiger partial charge on any atom is 0.0827 e. The fourth-order valence-corrected chi connectivity index (χ4v) is 0.991. The molecule has 1 rings (SSSR count). The van der Waals surface area contributed by atoms with E-state index in [9.17, 15) is 0 Å². The van der Waals surface area contributed by atoms with Crippen LogP contribution in [0.15, 0.2) is 12.4 Å². The van der Waals surface area contributed by atoms with Crippen molar-refractivity contribution in [3.63, 3.8) is 0 Å². The highest BCUT2D eigenvalue weighted by Gasteiger charge is 2.06. The summed E-state index contributed by atoms with van der Waals surface area (Å²) in [5.41, 5.74) is 6.40. The van der Waals surface area contributed by atoms with Crippen LogP contribution >= 0.6 is 0 Å². The lowest BCUT2D eigenvalue weighted by Crippen LogP contribution is -2.10. The predicted octanol–water partition coefficient (Wildman–Crippen LogP) is 0.456. The van der Waals surface area contributed by atoms with Gasteiger partial charge in [0.25, 0.3) is 0 Å². The molecule has 0 aliphatic heterocycles. The highest BCUT2D eigenvalue weighted by atomic mass is 16.5. The molecular weight excluding hydrogens is 154 g/mol. The Bertz CT molecular complexity index is 234. The van der Waals surface area contributed by atoms with Crippen LogP contribution in [0.2, 0.25) is 0 Å². The smallest absolute Gasteiger partial charge is 0.0827 e. The number of rotatable bonds is 4. The Morgan fingerprint density at radius 1 is 1.75 bits per heavy atom. The van der Waals surface area contributed by atoms with Crippen molar-refractivity contribution in [1.29, 1.82) is 0 Å². The number of hydrogen-bond donors (Lipinski definition) is 1. The number of nitrogens with two attached hydrogens (primary N) is 1. The first-order chi connectivity index (χ1) is 5.74. The van der Waals surface area contributed by atoms with E-state index in [0.717, 1.165) is 5.56 Å². The third kappa shape index (κ3) is 2.32. The summed E-state index contributed by atoms with van der Waals surface area (Å²) in [5, 5.41) is 4.05. The second-order valence-electron chi connectivity index (χ2n) is 2.75. The molecule has 12 heavy (non-hydrogen) atoms. The predicted molar refractivity (Wildman–Crippen MR) is 46.6 cm³/mol. The van der Waals surface area contributed by atoms with Gasteiger partial charge in [-0.05, 0) is 6.92 Å². The molecule has 0 saturated heterocycles. The van der Waals surface area contributed by atoms with E-state index in [-0.39, 0.29) is 6.10 Å². The summed E-state index contributed by atoms with van der Waals surface area (Å²) in [6, 6.07) is 0. The van der Waals surface area contributed by atoms with Crippen LogP contribution in [-0.4, -0.2) is 22.9 Å². The summed E-state index contributed by atoms with van der Waals surface area (Å²) < 4.78 is 7.17. The van der Waals surface area contributed by atoms with Crippen molar-refractivity contribution < 1.29 is 4.74 Å². The zero-order valence-electron chi connectivity index (χ0n) is 7.53. The SMILES string of the molecule is C[C@@H](OCCN)c1cnn(C)c1. The molecule has 0 spiro atoms. The van der Waals surface area contributed by atoms with Crippen LogP contribution in [0.25, 0.3) is 0 Å². The van der Waals surface area contributed by atoms with Gasteiger partial charge in [-0.1, -0.05) is 0 Å². The van der Waals surface area contributed by atoms with Crippen LogP contribution in [0.4, 0.5) is 0 Å². The van der Waals surface area contributed by atoms with Gasteiger partial charge in [0.2, 0.25) is 0 Å². The van der Waals surface area contributed by atoms with E-state index in [0.29, 0.717) is 13.2 Å². The van der Waals surface area contributed by atoms with E-state index in [1.54, 1.807) is 10.9 Å². The van der Waals surface area contributed by atoms with Crippen LogP contribution in [-0.2, 0) is 11.8 Å². The maximum atomic E-state index is 5.41. The Hall–Kier alpha value is -0.870. The van der Waals surface area contributed by atoms with Gasteiger partial charge >= 0.3 is 0 Å². The van der Waals surface area contributed by atoms with Crippen molar-refractivity contribution >= 4 is 0 Å². The third-order valence-corrected chi connectivity index (χ3v) is 1.68. The van der Waals surface area contributed by atoms with Crippen molar-refractivity contribution in [2.45, 2.75) is 13.0 Å². The highest BCUT2D eigenvalue weighted by Crippen LogP contribution is 2.14. The Kier molecular flexibility index (Phi) is 3.25. The van der Waals surface area contributed by atoms with Crippen molar-refractivity contribution in [3.05, 3.63) is 18.0 Å². The van der Waals surface area contributed by atoms with Gasteiger partial charge in [-0.15, -0.1) is 0 Å². The normalized spacial score (nSPS) is 13.2. The molecule has 0 amide bonds. The first-order valence-corrected chi connectivity index (χ1v) is 4.04. The minimum Gasteiger partial charge on any atom is -0.372 e. The van der Waals surface area contributed by atoms with Gasteiger partial charge in [0.1, 0.15) is 0 Å². The molecule has 0 saturated carbocycles. The Morgan fingerprint density at radius 2 is 2.50 bits per heavy atom. The molecule has 0 aliphatic carbocycles. The van der Waals surface area contributed by atoms with E-state index in [1.807, 2.05) is 20.2 Å². The summed E-state index contributed by atoms with van der Waals surface area (Å²) in [5.74, 6) is 0. The standard InChI is InChI=1S/C8H15N3O/c1-7(12-4-3-9)8-5-10-11(2)6-8/h5-7H,3-4,9H2,1-2H3/t7-/m1/s1. The Morgan fingerprint density at radius 3 is 3.00 bits per heavy atom. The number of aromatic nitrogens is 2. The second kappa shape index (κ2) is 4.23. The molecule has 0 bridgehead atoms. The summed E-state index contributed by atoms with van der Waals surface area (Å²) in [6.45, 7) is 3.15. The third-order valence-electron chi connectivity index (χ3n) is 1.68. The molecule has 1 heterocycles. The molecule has 4 heteroatoms. The monoisotopic (exact) mass is 169 g/mol. The average Bonchev–Trinajstić information content (AvgIpc) is 2.47. The van der Waals surface area contributed by atoms with E-state index in [2.05, 4.69) is 5.10 Å². The van der Waals surface area contributed by atoms with Gasteiger partial charge in [-0.3, -0.25) is 4.68 Å². The lowest BCUT2D eigenvalue weighted by Gasteiger charge is -2.09. The largest absolute Gasteiger partial charge is 0.372 e. The molecule has 2 N–H and O–H groups in total. The summed E-state index contributed by atoms with van der Waals surface area (Å²) >= 11 is 0. The van der Waals surface area contributed by atoms with E-state index in [4.69, 9.17) is 10.5 Å². The minimum atomic E-state index is 0.0854. The molecule has 0 aliphatic rings. The number of aryl methyl sites for hydroxylation is 1. The lowest BCUT2D eigenvalue weighted by atomic mass is 10.2. The zero-order chi connectivity index (χ0) is 8.97. The molecule has 0 radical (unpaired) electrons. The Balaban J connectivity index is 2.47. The van der Waals surface area contributed by atoms with Crippen molar-refractivity contribution in [2.75, 3.05) is 13.2 Å². The highest BCUT2D eigenvalue weighted by molar-refractivity contribution is 5.06. The van der Waals surface area contributed by atoms with Crippen LogP contribution in [0.1, 0.15) is 18.6 Å². The van der Waals surface area contributed by atoms with E-state index >= 15 is 0 Å². The molecule has 1 aromatic heterocycles. The van der Waals surface area contributed by atoms with Gasteiger partial charge in [-0.25, -0.2) is 0 Å². The Labute approximate surface area is 72.3 Å². The van der Waals surface area contributed by atoms with Gasteiger partial charge in [-0.2, -0.15) is 5.10 Å². The van der Waals surface area contributed by atoms with Gasteiger partial charge < -0.3 is 10.5 Å². The number of nitrogens with zero attached hydrogens (tertiary/aromatic N) is 2. The van der Waals surface area contributed by atoms with Crippen molar-refractivity contribution in [2.24, 2.45) is 12.8 Å². The first kappa shape index (κ1) is 9.22. The van der Waals surface area contributed by atoms with Crippen LogP contribution in [0.3, 0.4) is 0 Å². The van der Waals surface area contributed by atoms with Gasteiger partial charge in [0.15, 0.2) is 0 Å². The first-order valence-electron chi connectivity index (χ1n) is 4.04. The summed E-state index contributed by atoms with van der Waals surface area (Å²) in [6.07, 6.45) is 3.84. The maximum absolute atomic E-state index is 5.41. The number of hydrogen-bond acceptors (Lipinski definition) is 3. The van der Waals surface area contributed by atoms with Crippen molar-refractivity contribution in [1.82, 2.24) is 9.78 Å². The van der Waals surface area contributed by atoms with Crippen molar-refractivity contribution in [3.8, 4) is 0 Å². The molecule has 1 atom stereocenters. The quantitative estimate of drug-likeness (QED) is 0.712.